The van der Waals surface area contributed by atoms with Gasteiger partial charge < -0.3 is 4.42 Å². The molecule has 1 aliphatic carbocycles. The first-order valence-electron chi connectivity index (χ1n) is 6.09. The second kappa shape index (κ2) is 4.82. The van der Waals surface area contributed by atoms with Crippen LogP contribution in [0.2, 0.25) is 0 Å². The van der Waals surface area contributed by atoms with E-state index in [1.807, 2.05) is 18.2 Å². The average molecular weight is 372 g/mol. The van der Waals surface area contributed by atoms with Gasteiger partial charge in [-0.3, -0.25) is 4.79 Å². The Hall–Kier alpha value is -0.610. The molecule has 4 heteroatoms. The molecule has 1 fully saturated rings. The highest BCUT2D eigenvalue weighted by molar-refractivity contribution is 9.11. The summed E-state index contributed by atoms with van der Waals surface area (Å²) in [6.07, 6.45) is 4.33. The Labute approximate surface area is 122 Å². The minimum atomic E-state index is 0.168. The molecule has 1 aliphatic rings. The molecule has 1 heterocycles. The molecule has 0 bridgehead atoms. The molecule has 1 aromatic heterocycles. The molecule has 94 valence electrons. The number of fused-ring (bicyclic) bond motifs is 1. The Kier molecular flexibility index (Phi) is 3.32. The molecule has 2 nitrogen and oxygen atoms in total. The van der Waals surface area contributed by atoms with Gasteiger partial charge in [0.2, 0.25) is 0 Å². The number of rotatable bonds is 2. The lowest BCUT2D eigenvalue weighted by Crippen LogP contribution is -2.10. The maximum absolute atomic E-state index is 12.5. The summed E-state index contributed by atoms with van der Waals surface area (Å²) >= 11 is 6.83. The molecule has 1 aromatic carbocycles. The van der Waals surface area contributed by atoms with Crippen molar-refractivity contribution in [2.45, 2.75) is 25.7 Å². The van der Waals surface area contributed by atoms with E-state index in [1.54, 1.807) is 0 Å². The Bertz CT molecular complexity index is 610. The molecular formula is C14H12Br2O2. The molecule has 0 radical (unpaired) electrons. The monoisotopic (exact) mass is 370 g/mol. The second-order valence-corrected chi connectivity index (χ2v) is 6.29. The average Bonchev–Trinajstić information content (AvgIpc) is 2.96. The van der Waals surface area contributed by atoms with Crippen LogP contribution in [0.1, 0.15) is 36.0 Å². The van der Waals surface area contributed by atoms with Gasteiger partial charge in [-0.25, -0.2) is 0 Å². The van der Waals surface area contributed by atoms with E-state index in [2.05, 4.69) is 31.9 Å². The zero-order valence-electron chi connectivity index (χ0n) is 9.71. The predicted octanol–water partition coefficient (Wildman–Crippen LogP) is 5.33. The van der Waals surface area contributed by atoms with E-state index in [9.17, 15) is 4.79 Å². The highest BCUT2D eigenvalue weighted by Crippen LogP contribution is 2.38. The van der Waals surface area contributed by atoms with Crippen molar-refractivity contribution in [2.24, 2.45) is 5.92 Å². The van der Waals surface area contributed by atoms with Gasteiger partial charge in [-0.05, 0) is 50.8 Å². The molecule has 0 spiro atoms. The maximum atomic E-state index is 12.5. The van der Waals surface area contributed by atoms with Gasteiger partial charge in [-0.15, -0.1) is 0 Å². The van der Waals surface area contributed by atoms with Crippen LogP contribution >= 0.6 is 31.9 Å². The Morgan fingerprint density at radius 1 is 1.22 bits per heavy atom. The largest absolute Gasteiger partial charge is 0.447 e. The van der Waals surface area contributed by atoms with E-state index in [0.717, 1.165) is 41.1 Å². The smallest absolute Gasteiger partial charge is 0.181 e. The van der Waals surface area contributed by atoms with Crippen LogP contribution in [0.3, 0.4) is 0 Å². The van der Waals surface area contributed by atoms with E-state index in [4.69, 9.17) is 4.42 Å². The van der Waals surface area contributed by atoms with Gasteiger partial charge in [0, 0.05) is 11.3 Å². The third-order valence-electron chi connectivity index (χ3n) is 3.60. The normalized spacial score (nSPS) is 16.6. The summed E-state index contributed by atoms with van der Waals surface area (Å²) < 4.78 is 7.10. The Morgan fingerprint density at radius 3 is 2.67 bits per heavy atom. The molecule has 3 rings (SSSR count). The summed E-state index contributed by atoms with van der Waals surface area (Å²) in [5, 5.41) is 0.896. The van der Waals surface area contributed by atoms with E-state index < -0.39 is 0 Å². The number of Topliss-reactive ketones (excluding diaryl/α,β-unsaturated/α-hetero) is 1. The first-order chi connectivity index (χ1) is 8.68. The summed E-state index contributed by atoms with van der Waals surface area (Å²) in [6.45, 7) is 0. The molecule has 0 amide bonds. The topological polar surface area (TPSA) is 30.2 Å². The lowest BCUT2D eigenvalue weighted by Gasteiger charge is -2.06. The Balaban J connectivity index is 2.13. The van der Waals surface area contributed by atoms with Gasteiger partial charge >= 0.3 is 0 Å². The van der Waals surface area contributed by atoms with Crippen molar-refractivity contribution in [1.29, 1.82) is 0 Å². The van der Waals surface area contributed by atoms with Gasteiger partial charge in [-0.2, -0.15) is 0 Å². The number of ketones is 1. The van der Waals surface area contributed by atoms with Crippen LogP contribution in [0.15, 0.2) is 31.8 Å². The zero-order chi connectivity index (χ0) is 12.7. The molecule has 0 N–H and O–H groups in total. The van der Waals surface area contributed by atoms with Crippen LogP contribution in [0.25, 0.3) is 11.0 Å². The molecule has 0 saturated heterocycles. The zero-order valence-corrected chi connectivity index (χ0v) is 12.9. The van der Waals surface area contributed by atoms with Crippen LogP contribution < -0.4 is 0 Å². The van der Waals surface area contributed by atoms with Gasteiger partial charge in [0.1, 0.15) is 0 Å². The number of para-hydroxylation sites is 1. The molecule has 2 aromatic rings. The third-order valence-corrected chi connectivity index (χ3v) is 4.78. The standard InChI is InChI=1S/C14H12Br2O2/c15-10-7-3-6-9-11(14(16)18-13(9)10)12(17)8-4-1-2-5-8/h3,6-8H,1-2,4-5H2. The molecule has 0 aliphatic heterocycles. The van der Waals surface area contributed by atoms with Gasteiger partial charge in [0.05, 0.1) is 10.0 Å². The fourth-order valence-electron chi connectivity index (χ4n) is 2.68. The van der Waals surface area contributed by atoms with E-state index in [-0.39, 0.29) is 11.7 Å². The van der Waals surface area contributed by atoms with Crippen molar-refractivity contribution in [1.82, 2.24) is 0 Å². The first kappa shape index (κ1) is 12.4. The predicted molar refractivity (Wildman–Crippen MR) is 77.9 cm³/mol. The number of hydrogen-bond donors (Lipinski definition) is 0. The van der Waals surface area contributed by atoms with Crippen molar-refractivity contribution in [3.63, 3.8) is 0 Å². The van der Waals surface area contributed by atoms with Crippen LogP contribution in [-0.4, -0.2) is 5.78 Å². The minimum absolute atomic E-state index is 0.168. The molecular weight excluding hydrogens is 360 g/mol. The van der Waals surface area contributed by atoms with Gasteiger partial charge in [0.25, 0.3) is 0 Å². The van der Waals surface area contributed by atoms with Crippen LogP contribution in [-0.2, 0) is 0 Å². The molecule has 1 saturated carbocycles. The van der Waals surface area contributed by atoms with E-state index in [0.29, 0.717) is 10.2 Å². The lowest BCUT2D eigenvalue weighted by molar-refractivity contribution is 0.0922. The second-order valence-electron chi connectivity index (χ2n) is 4.71. The van der Waals surface area contributed by atoms with Crippen LogP contribution in [0.4, 0.5) is 0 Å². The molecule has 0 atom stereocenters. The SMILES string of the molecule is O=C(c1c(Br)oc2c(Br)cccc12)C1CCCC1. The van der Waals surface area contributed by atoms with E-state index in [1.165, 1.54) is 0 Å². The summed E-state index contributed by atoms with van der Waals surface area (Å²) in [7, 11) is 0. The van der Waals surface area contributed by atoms with Gasteiger partial charge in [-0.1, -0.05) is 25.0 Å². The highest BCUT2D eigenvalue weighted by Gasteiger charge is 2.29. The third kappa shape index (κ3) is 1.95. The van der Waals surface area contributed by atoms with Crippen molar-refractivity contribution >= 4 is 48.6 Å². The summed E-state index contributed by atoms with van der Waals surface area (Å²) in [5.74, 6) is 0.386. The van der Waals surface area contributed by atoms with Crippen molar-refractivity contribution < 1.29 is 9.21 Å². The Morgan fingerprint density at radius 2 is 1.94 bits per heavy atom. The van der Waals surface area contributed by atoms with Gasteiger partial charge in [0.15, 0.2) is 16.0 Å². The van der Waals surface area contributed by atoms with Crippen molar-refractivity contribution in [2.75, 3.05) is 0 Å². The van der Waals surface area contributed by atoms with Crippen molar-refractivity contribution in [3.05, 3.63) is 32.9 Å². The fraction of sp³-hybridized carbons (Fsp3) is 0.357. The summed E-state index contributed by atoms with van der Waals surface area (Å²) in [5.41, 5.74) is 1.45. The number of halogens is 2. The summed E-state index contributed by atoms with van der Waals surface area (Å²) in [4.78, 5) is 12.5. The maximum Gasteiger partial charge on any atom is 0.181 e. The fourth-order valence-corrected chi connectivity index (χ4v) is 3.70. The molecule has 0 unspecified atom stereocenters. The number of benzene rings is 1. The van der Waals surface area contributed by atoms with E-state index >= 15 is 0 Å². The quantitative estimate of drug-likeness (QED) is 0.667. The van der Waals surface area contributed by atoms with Crippen LogP contribution in [0.5, 0.6) is 0 Å². The highest BCUT2D eigenvalue weighted by atomic mass is 79.9. The van der Waals surface area contributed by atoms with Crippen molar-refractivity contribution in [3.8, 4) is 0 Å². The number of carbonyl (C=O) groups excluding carboxylic acids is 1. The first-order valence-corrected chi connectivity index (χ1v) is 7.68. The lowest BCUT2D eigenvalue weighted by atomic mass is 9.96. The van der Waals surface area contributed by atoms with Crippen LogP contribution in [0, 0.1) is 5.92 Å². The molecule has 18 heavy (non-hydrogen) atoms. The minimum Gasteiger partial charge on any atom is -0.447 e. The summed E-state index contributed by atoms with van der Waals surface area (Å²) in [6, 6.07) is 5.79. The number of furan rings is 1. The number of hydrogen-bond acceptors (Lipinski definition) is 2. The number of carbonyl (C=O) groups is 1.